The van der Waals surface area contributed by atoms with Crippen LogP contribution in [0.5, 0.6) is 5.75 Å². The molecule has 5 heteroatoms. The molecular formula is C14H17BrN2O2. The van der Waals surface area contributed by atoms with Crippen LogP contribution in [0.25, 0.3) is 0 Å². The van der Waals surface area contributed by atoms with Gasteiger partial charge in [0.15, 0.2) is 0 Å². The number of nitrogens with two attached hydrogens (primary N) is 1. The van der Waals surface area contributed by atoms with Gasteiger partial charge < -0.3 is 15.8 Å². The highest BCUT2D eigenvalue weighted by molar-refractivity contribution is 9.10. The van der Waals surface area contributed by atoms with Gasteiger partial charge in [-0.3, -0.25) is 4.79 Å². The molecule has 102 valence electrons. The first-order valence-corrected chi connectivity index (χ1v) is 6.61. The van der Waals surface area contributed by atoms with Crippen LogP contribution in [0.4, 0.5) is 0 Å². The van der Waals surface area contributed by atoms with Gasteiger partial charge in [-0.05, 0) is 40.5 Å². The molecule has 4 nitrogen and oxygen atoms in total. The molecule has 0 aliphatic rings. The molecule has 0 saturated carbocycles. The summed E-state index contributed by atoms with van der Waals surface area (Å²) in [5.74, 6) is 2.87. The molecule has 2 unspecified atom stereocenters. The standard InChI is InChI=1S/C14H17BrN2O2/c1-4-5-12(16)14(18)17-9(2)10-6-7-13(19-3)11(15)8-10/h1,6-9,12H,5,16H2,2-3H3,(H,17,18). The monoisotopic (exact) mass is 324 g/mol. The van der Waals surface area contributed by atoms with Gasteiger partial charge in [0.2, 0.25) is 5.91 Å². The second-order valence-electron chi connectivity index (χ2n) is 4.14. The summed E-state index contributed by atoms with van der Waals surface area (Å²) in [6.07, 6.45) is 5.36. The minimum atomic E-state index is -0.672. The number of amides is 1. The Kier molecular flexibility index (Phi) is 5.87. The number of methoxy groups -OCH3 is 1. The highest BCUT2D eigenvalue weighted by Crippen LogP contribution is 2.27. The van der Waals surface area contributed by atoms with Crippen molar-refractivity contribution in [1.29, 1.82) is 0 Å². The Morgan fingerprint density at radius 1 is 1.63 bits per heavy atom. The van der Waals surface area contributed by atoms with E-state index < -0.39 is 6.04 Å². The topological polar surface area (TPSA) is 64.4 Å². The molecule has 0 fully saturated rings. The molecule has 1 aromatic rings. The van der Waals surface area contributed by atoms with E-state index >= 15 is 0 Å². The summed E-state index contributed by atoms with van der Waals surface area (Å²) in [6, 6.07) is 4.80. The Balaban J connectivity index is 2.73. The SMILES string of the molecule is C#CCC(N)C(=O)NC(C)c1ccc(OC)c(Br)c1. The molecule has 0 aromatic heterocycles. The molecule has 1 rings (SSSR count). The van der Waals surface area contributed by atoms with Crippen LogP contribution in [0.3, 0.4) is 0 Å². The molecule has 19 heavy (non-hydrogen) atoms. The Hall–Kier alpha value is -1.51. The first kappa shape index (κ1) is 15.5. The highest BCUT2D eigenvalue weighted by Gasteiger charge is 2.16. The Labute approximate surface area is 121 Å². The van der Waals surface area contributed by atoms with Crippen LogP contribution in [0.2, 0.25) is 0 Å². The minimum Gasteiger partial charge on any atom is -0.496 e. The van der Waals surface area contributed by atoms with Crippen molar-refractivity contribution >= 4 is 21.8 Å². The van der Waals surface area contributed by atoms with Crippen LogP contribution >= 0.6 is 15.9 Å². The van der Waals surface area contributed by atoms with Crippen LogP contribution < -0.4 is 15.8 Å². The molecule has 0 aliphatic heterocycles. The lowest BCUT2D eigenvalue weighted by Gasteiger charge is -2.17. The number of carbonyl (C=O) groups excluding carboxylic acids is 1. The lowest BCUT2D eigenvalue weighted by Crippen LogP contribution is -2.41. The van der Waals surface area contributed by atoms with Gasteiger partial charge in [0.25, 0.3) is 0 Å². The van der Waals surface area contributed by atoms with E-state index in [1.165, 1.54) is 0 Å². The van der Waals surface area contributed by atoms with Crippen LogP contribution in [-0.2, 0) is 4.79 Å². The lowest BCUT2D eigenvalue weighted by molar-refractivity contribution is -0.122. The second-order valence-corrected chi connectivity index (χ2v) is 4.99. The van der Waals surface area contributed by atoms with Crippen molar-refractivity contribution in [3.05, 3.63) is 28.2 Å². The molecular weight excluding hydrogens is 308 g/mol. The van der Waals surface area contributed by atoms with Crippen molar-refractivity contribution in [2.75, 3.05) is 7.11 Å². The predicted molar refractivity (Wildman–Crippen MR) is 78.7 cm³/mol. The van der Waals surface area contributed by atoms with Crippen LogP contribution in [-0.4, -0.2) is 19.1 Å². The molecule has 0 saturated heterocycles. The van der Waals surface area contributed by atoms with Crippen LogP contribution in [0.15, 0.2) is 22.7 Å². The Bertz CT molecular complexity index is 497. The number of hydrogen-bond donors (Lipinski definition) is 2. The second kappa shape index (κ2) is 7.17. The number of ether oxygens (including phenoxy) is 1. The first-order chi connectivity index (χ1) is 8.99. The number of terminal acetylenes is 1. The summed E-state index contributed by atoms with van der Waals surface area (Å²) in [4.78, 5) is 11.8. The van der Waals surface area contributed by atoms with Crippen molar-refractivity contribution in [3.63, 3.8) is 0 Å². The number of carbonyl (C=O) groups is 1. The third-order valence-corrected chi connectivity index (χ3v) is 3.33. The van der Waals surface area contributed by atoms with Gasteiger partial charge in [-0.1, -0.05) is 6.07 Å². The van der Waals surface area contributed by atoms with E-state index in [-0.39, 0.29) is 18.4 Å². The number of rotatable bonds is 5. The summed E-state index contributed by atoms with van der Waals surface area (Å²) >= 11 is 3.41. The molecule has 2 atom stereocenters. The van der Waals surface area contributed by atoms with Gasteiger partial charge in [-0.15, -0.1) is 12.3 Å². The summed E-state index contributed by atoms with van der Waals surface area (Å²) in [7, 11) is 1.60. The quantitative estimate of drug-likeness (QED) is 0.814. The van der Waals surface area contributed by atoms with Gasteiger partial charge in [0.1, 0.15) is 5.75 Å². The lowest BCUT2D eigenvalue weighted by atomic mass is 10.1. The van der Waals surface area contributed by atoms with Gasteiger partial charge in [0, 0.05) is 6.42 Å². The molecule has 1 amide bonds. The van der Waals surface area contributed by atoms with E-state index in [1.807, 2.05) is 25.1 Å². The maximum Gasteiger partial charge on any atom is 0.238 e. The summed E-state index contributed by atoms with van der Waals surface area (Å²) < 4.78 is 5.99. The zero-order chi connectivity index (χ0) is 14.4. The van der Waals surface area contributed by atoms with E-state index in [4.69, 9.17) is 16.9 Å². The molecule has 0 spiro atoms. The molecule has 0 heterocycles. The normalized spacial score (nSPS) is 13.2. The van der Waals surface area contributed by atoms with Crippen LogP contribution in [0, 0.1) is 12.3 Å². The highest BCUT2D eigenvalue weighted by atomic mass is 79.9. The predicted octanol–water partition coefficient (Wildman–Crippen LogP) is 1.99. The largest absolute Gasteiger partial charge is 0.496 e. The van der Waals surface area contributed by atoms with E-state index in [1.54, 1.807) is 7.11 Å². The van der Waals surface area contributed by atoms with Crippen molar-refractivity contribution < 1.29 is 9.53 Å². The fourth-order valence-electron chi connectivity index (χ4n) is 1.58. The van der Waals surface area contributed by atoms with Crippen molar-refractivity contribution in [3.8, 4) is 18.1 Å². The van der Waals surface area contributed by atoms with Crippen molar-refractivity contribution in [2.24, 2.45) is 5.73 Å². The first-order valence-electron chi connectivity index (χ1n) is 5.82. The van der Waals surface area contributed by atoms with Gasteiger partial charge in [-0.2, -0.15) is 0 Å². The molecule has 0 aliphatic carbocycles. The van der Waals surface area contributed by atoms with E-state index in [2.05, 4.69) is 27.2 Å². The van der Waals surface area contributed by atoms with Gasteiger partial charge in [0.05, 0.1) is 23.7 Å². The fourth-order valence-corrected chi connectivity index (χ4v) is 2.13. The summed E-state index contributed by atoms with van der Waals surface area (Å²) in [5.41, 5.74) is 6.60. The van der Waals surface area contributed by atoms with Crippen LogP contribution in [0.1, 0.15) is 24.9 Å². The number of benzene rings is 1. The van der Waals surface area contributed by atoms with E-state index in [0.717, 1.165) is 15.8 Å². The zero-order valence-corrected chi connectivity index (χ0v) is 12.5. The third-order valence-electron chi connectivity index (χ3n) is 2.71. The van der Waals surface area contributed by atoms with E-state index in [0.29, 0.717) is 0 Å². The summed E-state index contributed by atoms with van der Waals surface area (Å²) in [6.45, 7) is 1.88. The number of hydrogen-bond acceptors (Lipinski definition) is 3. The fraction of sp³-hybridized carbons (Fsp3) is 0.357. The zero-order valence-electron chi connectivity index (χ0n) is 10.9. The third kappa shape index (κ3) is 4.27. The molecule has 3 N–H and O–H groups in total. The van der Waals surface area contributed by atoms with Gasteiger partial charge >= 0.3 is 0 Å². The van der Waals surface area contributed by atoms with Gasteiger partial charge in [-0.25, -0.2) is 0 Å². The minimum absolute atomic E-state index is 0.154. The molecule has 1 aromatic carbocycles. The Morgan fingerprint density at radius 2 is 2.32 bits per heavy atom. The number of nitrogens with one attached hydrogen (secondary N) is 1. The average Bonchev–Trinajstić information content (AvgIpc) is 2.38. The Morgan fingerprint density at radius 3 is 2.84 bits per heavy atom. The van der Waals surface area contributed by atoms with Crippen molar-refractivity contribution in [2.45, 2.75) is 25.4 Å². The van der Waals surface area contributed by atoms with Crippen molar-refractivity contribution in [1.82, 2.24) is 5.32 Å². The summed E-state index contributed by atoms with van der Waals surface area (Å²) in [5, 5.41) is 2.82. The smallest absolute Gasteiger partial charge is 0.238 e. The van der Waals surface area contributed by atoms with E-state index in [9.17, 15) is 4.79 Å². The molecule has 0 radical (unpaired) electrons. The number of halogens is 1. The maximum atomic E-state index is 11.8. The molecule has 0 bridgehead atoms. The maximum absolute atomic E-state index is 11.8. The average molecular weight is 325 g/mol.